The molecule has 2 N–H and O–H groups in total. The van der Waals surface area contributed by atoms with Crippen LogP contribution in [0, 0.1) is 5.41 Å². The van der Waals surface area contributed by atoms with Gasteiger partial charge >= 0.3 is 0 Å². The molecule has 170 valence electrons. The van der Waals surface area contributed by atoms with Crippen molar-refractivity contribution in [3.63, 3.8) is 0 Å². The number of fused-ring (bicyclic) bond motifs is 1. The van der Waals surface area contributed by atoms with Gasteiger partial charge in [0.15, 0.2) is 0 Å². The van der Waals surface area contributed by atoms with Gasteiger partial charge in [-0.05, 0) is 87.7 Å². The Bertz CT molecular complexity index is 1010. The second-order valence-corrected chi connectivity index (χ2v) is 10.5. The van der Waals surface area contributed by atoms with E-state index in [0.717, 1.165) is 50.4 Å². The lowest BCUT2D eigenvalue weighted by Gasteiger charge is -2.30. The fraction of sp³-hybridized carbons (Fsp3) is 0.500. The summed E-state index contributed by atoms with van der Waals surface area (Å²) in [7, 11) is 0. The van der Waals surface area contributed by atoms with Gasteiger partial charge in [0.05, 0.1) is 5.60 Å². The van der Waals surface area contributed by atoms with Crippen LogP contribution in [-0.4, -0.2) is 65.9 Å². The number of nitrogens with zero attached hydrogens (tertiary/aromatic N) is 3. The average Bonchev–Trinajstić information content (AvgIpc) is 3.33. The lowest BCUT2D eigenvalue weighted by Crippen LogP contribution is -2.39. The van der Waals surface area contributed by atoms with Crippen molar-refractivity contribution in [1.29, 1.82) is 0 Å². The van der Waals surface area contributed by atoms with Crippen molar-refractivity contribution >= 4 is 17.3 Å². The summed E-state index contributed by atoms with van der Waals surface area (Å²) in [6, 6.07) is 13.4. The third-order valence-corrected chi connectivity index (χ3v) is 7.26. The number of anilines is 2. The van der Waals surface area contributed by atoms with Crippen molar-refractivity contribution in [1.82, 2.24) is 4.90 Å². The summed E-state index contributed by atoms with van der Waals surface area (Å²) in [6.07, 6.45) is 3.12. The van der Waals surface area contributed by atoms with Gasteiger partial charge in [-0.3, -0.25) is 9.69 Å². The molecule has 1 spiro atoms. The number of carbonyl (C=O) groups is 1. The molecule has 2 fully saturated rings. The Morgan fingerprint density at radius 2 is 1.69 bits per heavy atom. The Hall–Kier alpha value is -2.57. The summed E-state index contributed by atoms with van der Waals surface area (Å²) >= 11 is 0. The van der Waals surface area contributed by atoms with E-state index in [-0.39, 0.29) is 11.7 Å². The van der Waals surface area contributed by atoms with E-state index in [4.69, 9.17) is 0 Å². The standard InChI is InChI=1S/C26H33N3O3/c1-25(2,32)16-27-13-10-26(17-27)11-14-28(18-26)20-3-5-21(6-4-20)29-12-9-19-15-22(30)7-8-23(19)24(29)31/h3-8,15,30,32H,9-14,16-18H2,1-2H3. The number of hydrogen-bond acceptors (Lipinski definition) is 5. The number of amides is 1. The Morgan fingerprint density at radius 3 is 2.44 bits per heavy atom. The first kappa shape index (κ1) is 21.3. The van der Waals surface area contributed by atoms with Crippen molar-refractivity contribution in [3.8, 4) is 5.75 Å². The van der Waals surface area contributed by atoms with Crippen LogP contribution in [0.25, 0.3) is 0 Å². The SMILES string of the molecule is CC(C)(O)CN1CCC2(CCN(c3ccc(N4CCc5cc(O)ccc5C4=O)cc3)C2)C1. The monoisotopic (exact) mass is 435 g/mol. The molecule has 2 saturated heterocycles. The highest BCUT2D eigenvalue weighted by atomic mass is 16.3. The van der Waals surface area contributed by atoms with E-state index in [9.17, 15) is 15.0 Å². The largest absolute Gasteiger partial charge is 0.508 e. The highest BCUT2D eigenvalue weighted by Gasteiger charge is 2.44. The number of carbonyl (C=O) groups excluding carboxylic acids is 1. The first-order chi connectivity index (χ1) is 15.2. The molecule has 1 atom stereocenters. The van der Waals surface area contributed by atoms with E-state index in [2.05, 4.69) is 34.1 Å². The lowest BCUT2D eigenvalue weighted by atomic mass is 9.86. The number of likely N-dealkylation sites (tertiary alicyclic amines) is 1. The van der Waals surface area contributed by atoms with Gasteiger partial charge in [0.25, 0.3) is 5.91 Å². The molecule has 2 aromatic carbocycles. The summed E-state index contributed by atoms with van der Waals surface area (Å²) in [5.41, 5.74) is 3.40. The topological polar surface area (TPSA) is 67.2 Å². The van der Waals surface area contributed by atoms with E-state index < -0.39 is 5.60 Å². The van der Waals surface area contributed by atoms with Crippen LogP contribution in [-0.2, 0) is 6.42 Å². The number of hydrogen-bond donors (Lipinski definition) is 2. The zero-order chi connectivity index (χ0) is 22.5. The van der Waals surface area contributed by atoms with Gasteiger partial charge in [0.2, 0.25) is 0 Å². The molecule has 1 amide bonds. The van der Waals surface area contributed by atoms with Crippen LogP contribution in [0.2, 0.25) is 0 Å². The minimum absolute atomic E-state index is 0.00280. The first-order valence-corrected chi connectivity index (χ1v) is 11.7. The lowest BCUT2D eigenvalue weighted by molar-refractivity contribution is 0.0408. The van der Waals surface area contributed by atoms with Crippen LogP contribution in [0.3, 0.4) is 0 Å². The van der Waals surface area contributed by atoms with Crippen LogP contribution in [0.1, 0.15) is 42.6 Å². The quantitative estimate of drug-likeness (QED) is 0.772. The molecular formula is C26H33N3O3. The highest BCUT2D eigenvalue weighted by Crippen LogP contribution is 2.41. The molecule has 0 bridgehead atoms. The molecule has 1 unspecified atom stereocenters. The van der Waals surface area contributed by atoms with Crippen LogP contribution < -0.4 is 9.80 Å². The number of β-amino-alcohol motifs (C(OH)–C–C–N with tert-alkyl or cyclic N) is 1. The number of phenols is 1. The normalized spacial score (nSPS) is 23.9. The van der Waals surface area contributed by atoms with Crippen molar-refractivity contribution in [2.75, 3.05) is 49.1 Å². The van der Waals surface area contributed by atoms with E-state index in [1.54, 1.807) is 18.2 Å². The first-order valence-electron chi connectivity index (χ1n) is 11.7. The van der Waals surface area contributed by atoms with Crippen molar-refractivity contribution in [2.24, 2.45) is 5.41 Å². The third-order valence-electron chi connectivity index (χ3n) is 7.26. The van der Waals surface area contributed by atoms with Gasteiger partial charge in [0.1, 0.15) is 5.75 Å². The van der Waals surface area contributed by atoms with Gasteiger partial charge in [0, 0.05) is 55.1 Å². The van der Waals surface area contributed by atoms with Crippen molar-refractivity contribution in [2.45, 2.75) is 38.7 Å². The predicted octanol–water partition coefficient (Wildman–Crippen LogP) is 3.27. The molecule has 3 aliphatic rings. The van der Waals surface area contributed by atoms with Gasteiger partial charge < -0.3 is 20.0 Å². The molecule has 6 heteroatoms. The summed E-state index contributed by atoms with van der Waals surface area (Å²) in [5, 5.41) is 19.9. The van der Waals surface area contributed by atoms with Gasteiger partial charge in [-0.25, -0.2) is 0 Å². The highest BCUT2D eigenvalue weighted by molar-refractivity contribution is 6.08. The van der Waals surface area contributed by atoms with Gasteiger partial charge in [-0.15, -0.1) is 0 Å². The number of aliphatic hydroxyl groups is 1. The number of phenolic OH excluding ortho intramolecular Hbond substituents is 1. The number of benzene rings is 2. The Balaban J connectivity index is 1.25. The molecule has 5 rings (SSSR count). The van der Waals surface area contributed by atoms with Crippen molar-refractivity contribution in [3.05, 3.63) is 53.6 Å². The second kappa shape index (κ2) is 7.78. The molecule has 0 aliphatic carbocycles. The van der Waals surface area contributed by atoms with Crippen LogP contribution >= 0.6 is 0 Å². The maximum atomic E-state index is 13.0. The maximum Gasteiger partial charge on any atom is 0.258 e. The average molecular weight is 436 g/mol. The van der Waals surface area contributed by atoms with Crippen LogP contribution in [0.5, 0.6) is 5.75 Å². The summed E-state index contributed by atoms with van der Waals surface area (Å²) < 4.78 is 0. The summed E-state index contributed by atoms with van der Waals surface area (Å²) in [6.45, 7) is 9.35. The predicted molar refractivity (Wildman–Crippen MR) is 127 cm³/mol. The fourth-order valence-electron chi connectivity index (χ4n) is 5.76. The summed E-state index contributed by atoms with van der Waals surface area (Å²) in [4.78, 5) is 19.7. The molecule has 2 aromatic rings. The maximum absolute atomic E-state index is 13.0. The second-order valence-electron chi connectivity index (χ2n) is 10.5. The molecule has 6 nitrogen and oxygen atoms in total. The van der Waals surface area contributed by atoms with E-state index in [1.807, 2.05) is 18.7 Å². The van der Waals surface area contributed by atoms with Crippen molar-refractivity contribution < 1.29 is 15.0 Å². The Kier molecular flexibility index (Phi) is 5.18. The van der Waals surface area contributed by atoms with E-state index in [1.165, 1.54) is 18.5 Å². The van der Waals surface area contributed by atoms with Crippen LogP contribution in [0.4, 0.5) is 11.4 Å². The molecule has 3 aliphatic heterocycles. The molecule has 0 radical (unpaired) electrons. The zero-order valence-corrected chi connectivity index (χ0v) is 19.0. The fourth-order valence-corrected chi connectivity index (χ4v) is 5.76. The van der Waals surface area contributed by atoms with Crippen LogP contribution in [0.15, 0.2) is 42.5 Å². The molecule has 3 heterocycles. The smallest absolute Gasteiger partial charge is 0.258 e. The number of rotatable bonds is 4. The molecule has 0 saturated carbocycles. The van der Waals surface area contributed by atoms with E-state index in [0.29, 0.717) is 17.5 Å². The van der Waals surface area contributed by atoms with Gasteiger partial charge in [-0.1, -0.05) is 0 Å². The third kappa shape index (κ3) is 4.09. The van der Waals surface area contributed by atoms with Gasteiger partial charge in [-0.2, -0.15) is 0 Å². The Morgan fingerprint density at radius 1 is 0.969 bits per heavy atom. The molecular weight excluding hydrogens is 402 g/mol. The molecule has 0 aromatic heterocycles. The summed E-state index contributed by atoms with van der Waals surface area (Å²) in [5.74, 6) is 0.208. The minimum atomic E-state index is -0.646. The molecule has 32 heavy (non-hydrogen) atoms. The Labute approximate surface area is 190 Å². The number of aromatic hydroxyl groups is 1. The zero-order valence-electron chi connectivity index (χ0n) is 19.0. The van der Waals surface area contributed by atoms with E-state index >= 15 is 0 Å². The minimum Gasteiger partial charge on any atom is -0.508 e.